The highest BCUT2D eigenvalue weighted by atomic mass is 28.4. The molecule has 0 radical (unpaired) electrons. The van der Waals surface area contributed by atoms with E-state index in [0.29, 0.717) is 0 Å². The summed E-state index contributed by atoms with van der Waals surface area (Å²) in [6.45, 7) is 5.82. The highest BCUT2D eigenvalue weighted by Crippen LogP contribution is 2.14. The minimum atomic E-state index is -1.95. The van der Waals surface area contributed by atoms with Crippen molar-refractivity contribution in [3.8, 4) is 0 Å². The smallest absolute Gasteiger partial charge is 0.363 e. The Bertz CT molecular complexity index is 99.8. The van der Waals surface area contributed by atoms with Crippen LogP contribution in [-0.2, 0) is 8.85 Å². The lowest BCUT2D eigenvalue weighted by Crippen LogP contribution is -2.37. The maximum atomic E-state index is 5.28. The second-order valence-corrected chi connectivity index (χ2v) is 5.52. The van der Waals surface area contributed by atoms with E-state index < -0.39 is 8.56 Å². The molecule has 0 aliphatic rings. The quantitative estimate of drug-likeness (QED) is 0.571. The van der Waals surface area contributed by atoms with Crippen molar-refractivity contribution in [1.29, 1.82) is 0 Å². The first-order chi connectivity index (χ1) is 4.74. The number of hydrogen-bond donors (Lipinski definition) is 0. The number of rotatable bonds is 5. The first-order valence-electron chi connectivity index (χ1n) is 3.48. The zero-order valence-corrected chi connectivity index (χ0v) is 8.02. The molecule has 0 aromatic rings. The molecule has 0 aliphatic carbocycles. The minimum Gasteiger partial charge on any atom is -0.395 e. The molecule has 2 nitrogen and oxygen atoms in total. The van der Waals surface area contributed by atoms with Gasteiger partial charge in [-0.3, -0.25) is 0 Å². The second-order valence-electron chi connectivity index (χ2n) is 2.17. The van der Waals surface area contributed by atoms with Crippen LogP contribution in [0.1, 0.15) is 13.3 Å². The van der Waals surface area contributed by atoms with Gasteiger partial charge in [-0.05, 0) is 11.7 Å². The standard InChI is InChI=1S/C7H16O2Si/c1-5-7-10(6-2,8-3)9-4/h6H,2,5,7H2,1,3-4H3. The zero-order chi connectivity index (χ0) is 8.04. The van der Waals surface area contributed by atoms with Crippen LogP contribution in [0.2, 0.25) is 6.04 Å². The monoisotopic (exact) mass is 160 g/mol. The van der Waals surface area contributed by atoms with Crippen molar-refractivity contribution in [2.75, 3.05) is 14.2 Å². The van der Waals surface area contributed by atoms with Gasteiger partial charge in [-0.25, -0.2) is 0 Å². The average Bonchev–Trinajstić information content (AvgIpc) is 2.01. The molecule has 0 amide bonds. The van der Waals surface area contributed by atoms with E-state index in [4.69, 9.17) is 8.85 Å². The van der Waals surface area contributed by atoms with Gasteiger partial charge in [0, 0.05) is 14.2 Å². The van der Waals surface area contributed by atoms with Crippen LogP contribution in [-0.4, -0.2) is 22.8 Å². The Morgan fingerprint density at radius 2 is 1.90 bits per heavy atom. The average molecular weight is 160 g/mol. The summed E-state index contributed by atoms with van der Waals surface area (Å²) >= 11 is 0. The van der Waals surface area contributed by atoms with Gasteiger partial charge in [0.2, 0.25) is 0 Å². The third-order valence-corrected chi connectivity index (χ3v) is 4.80. The fraction of sp³-hybridized carbons (Fsp3) is 0.714. The maximum Gasteiger partial charge on any atom is 0.363 e. The van der Waals surface area contributed by atoms with E-state index in [-0.39, 0.29) is 0 Å². The van der Waals surface area contributed by atoms with E-state index in [1.54, 1.807) is 14.2 Å². The van der Waals surface area contributed by atoms with E-state index in [1.807, 2.05) is 5.70 Å². The van der Waals surface area contributed by atoms with Crippen LogP contribution in [0.5, 0.6) is 0 Å². The summed E-state index contributed by atoms with van der Waals surface area (Å²) in [5, 5.41) is 0. The van der Waals surface area contributed by atoms with Crippen molar-refractivity contribution in [3.63, 3.8) is 0 Å². The van der Waals surface area contributed by atoms with Crippen molar-refractivity contribution in [1.82, 2.24) is 0 Å². The van der Waals surface area contributed by atoms with E-state index in [0.717, 1.165) is 12.5 Å². The lowest BCUT2D eigenvalue weighted by Gasteiger charge is -2.22. The van der Waals surface area contributed by atoms with Crippen molar-refractivity contribution < 1.29 is 8.85 Å². The summed E-state index contributed by atoms with van der Waals surface area (Å²) in [7, 11) is 1.42. The summed E-state index contributed by atoms with van der Waals surface area (Å²) in [5.74, 6) is 0. The van der Waals surface area contributed by atoms with Crippen LogP contribution < -0.4 is 0 Å². The minimum absolute atomic E-state index is 0.990. The van der Waals surface area contributed by atoms with Gasteiger partial charge < -0.3 is 8.85 Å². The zero-order valence-electron chi connectivity index (χ0n) is 7.02. The predicted octanol–water partition coefficient (Wildman–Crippen LogP) is 1.86. The molecule has 0 saturated carbocycles. The predicted molar refractivity (Wildman–Crippen MR) is 45.1 cm³/mol. The van der Waals surface area contributed by atoms with E-state index >= 15 is 0 Å². The van der Waals surface area contributed by atoms with Crippen molar-refractivity contribution in [2.24, 2.45) is 0 Å². The van der Waals surface area contributed by atoms with Crippen LogP contribution in [0.25, 0.3) is 0 Å². The summed E-state index contributed by atoms with van der Waals surface area (Å²) in [5.41, 5.74) is 1.83. The summed E-state index contributed by atoms with van der Waals surface area (Å²) in [4.78, 5) is 0. The third-order valence-electron chi connectivity index (χ3n) is 1.60. The Hall–Kier alpha value is -0.123. The molecule has 0 atom stereocenters. The van der Waals surface area contributed by atoms with Gasteiger partial charge in [0.05, 0.1) is 0 Å². The van der Waals surface area contributed by atoms with E-state index in [1.165, 1.54) is 0 Å². The molecule has 0 aromatic carbocycles. The van der Waals surface area contributed by atoms with Gasteiger partial charge in [0.15, 0.2) is 0 Å². The first kappa shape index (κ1) is 9.88. The Morgan fingerprint density at radius 3 is 2.00 bits per heavy atom. The molecular formula is C7H16O2Si. The molecule has 0 aromatic heterocycles. The fourth-order valence-corrected chi connectivity index (χ4v) is 2.71. The molecular weight excluding hydrogens is 144 g/mol. The lowest BCUT2D eigenvalue weighted by atomic mass is 10.6. The highest BCUT2D eigenvalue weighted by molar-refractivity contribution is 6.72. The Labute approximate surface area is 64.1 Å². The van der Waals surface area contributed by atoms with Crippen LogP contribution in [0.15, 0.2) is 12.3 Å². The molecule has 60 valence electrons. The molecule has 0 spiro atoms. The summed E-state index contributed by atoms with van der Waals surface area (Å²) in [6.07, 6.45) is 1.08. The molecule has 0 saturated heterocycles. The van der Waals surface area contributed by atoms with Gasteiger partial charge in [0.1, 0.15) is 0 Å². The Kier molecular flexibility index (Phi) is 4.60. The SMILES string of the molecule is C=C[Si](CCC)(OC)OC. The number of hydrogen-bond acceptors (Lipinski definition) is 2. The van der Waals surface area contributed by atoms with E-state index in [9.17, 15) is 0 Å². The van der Waals surface area contributed by atoms with Crippen LogP contribution in [0, 0.1) is 0 Å². The molecule has 0 N–H and O–H groups in total. The van der Waals surface area contributed by atoms with Gasteiger partial charge in [-0.15, -0.1) is 6.58 Å². The normalized spacial score (nSPS) is 11.5. The van der Waals surface area contributed by atoms with Gasteiger partial charge in [0.25, 0.3) is 0 Å². The van der Waals surface area contributed by atoms with Gasteiger partial charge >= 0.3 is 8.56 Å². The van der Waals surface area contributed by atoms with Crippen LogP contribution >= 0.6 is 0 Å². The third kappa shape index (κ3) is 2.25. The van der Waals surface area contributed by atoms with Gasteiger partial charge in [-0.2, -0.15) is 0 Å². The van der Waals surface area contributed by atoms with Crippen LogP contribution in [0.4, 0.5) is 0 Å². The summed E-state index contributed by atoms with van der Waals surface area (Å²) < 4.78 is 10.6. The Morgan fingerprint density at radius 1 is 1.40 bits per heavy atom. The summed E-state index contributed by atoms with van der Waals surface area (Å²) in [6, 6.07) is 0.990. The van der Waals surface area contributed by atoms with Crippen LogP contribution in [0.3, 0.4) is 0 Å². The molecule has 0 aliphatic heterocycles. The molecule has 3 heteroatoms. The molecule has 0 rings (SSSR count). The molecule has 10 heavy (non-hydrogen) atoms. The molecule has 0 heterocycles. The second kappa shape index (κ2) is 4.66. The lowest BCUT2D eigenvalue weighted by molar-refractivity contribution is 0.255. The van der Waals surface area contributed by atoms with Gasteiger partial charge in [-0.1, -0.05) is 13.3 Å². The Balaban J connectivity index is 4.00. The van der Waals surface area contributed by atoms with Crippen molar-refractivity contribution in [3.05, 3.63) is 12.3 Å². The topological polar surface area (TPSA) is 18.5 Å². The van der Waals surface area contributed by atoms with E-state index in [2.05, 4.69) is 13.5 Å². The largest absolute Gasteiger partial charge is 0.395 e. The highest BCUT2D eigenvalue weighted by Gasteiger charge is 2.29. The molecule has 0 unspecified atom stereocenters. The molecule has 0 bridgehead atoms. The first-order valence-corrected chi connectivity index (χ1v) is 5.58. The fourth-order valence-electron chi connectivity index (χ4n) is 0.905. The molecule has 0 fully saturated rings. The van der Waals surface area contributed by atoms with Crippen molar-refractivity contribution >= 4 is 8.56 Å². The maximum absolute atomic E-state index is 5.28. The van der Waals surface area contributed by atoms with Crippen molar-refractivity contribution in [2.45, 2.75) is 19.4 Å².